The zero-order chi connectivity index (χ0) is 19.2. The number of thiazole rings is 1. The third-order valence-corrected chi connectivity index (χ3v) is 4.35. The molecule has 6 nitrogen and oxygen atoms in total. The van der Waals surface area contributed by atoms with Crippen LogP contribution in [0.3, 0.4) is 0 Å². The van der Waals surface area contributed by atoms with E-state index in [1.807, 2.05) is 32.0 Å². The van der Waals surface area contributed by atoms with E-state index in [4.69, 9.17) is 4.74 Å². The van der Waals surface area contributed by atoms with Crippen LogP contribution in [-0.2, 0) is 4.79 Å². The summed E-state index contributed by atoms with van der Waals surface area (Å²) in [6, 6.07) is 12.6. The third kappa shape index (κ3) is 5.15. The van der Waals surface area contributed by atoms with Crippen LogP contribution in [0, 0.1) is 13.8 Å². The lowest BCUT2D eigenvalue weighted by molar-refractivity contribution is -0.118. The van der Waals surface area contributed by atoms with Gasteiger partial charge in [-0.15, -0.1) is 11.3 Å². The number of anilines is 2. The highest BCUT2D eigenvalue weighted by Gasteiger charge is 2.14. The van der Waals surface area contributed by atoms with E-state index >= 15 is 0 Å². The number of nitrogens with zero attached hydrogens (tertiary/aromatic N) is 1. The van der Waals surface area contributed by atoms with E-state index in [9.17, 15) is 9.59 Å². The van der Waals surface area contributed by atoms with Gasteiger partial charge in [-0.2, -0.15) is 0 Å². The van der Waals surface area contributed by atoms with Gasteiger partial charge in [0.2, 0.25) is 0 Å². The predicted octanol–water partition coefficient (Wildman–Crippen LogP) is 4.03. The number of ether oxygens (including phenoxy) is 1. The summed E-state index contributed by atoms with van der Waals surface area (Å²) in [5.74, 6) is -0.0443. The van der Waals surface area contributed by atoms with Gasteiger partial charge in [0.25, 0.3) is 11.8 Å². The minimum atomic E-state index is -0.344. The Morgan fingerprint density at radius 3 is 2.52 bits per heavy atom. The van der Waals surface area contributed by atoms with E-state index < -0.39 is 0 Å². The van der Waals surface area contributed by atoms with Crippen LogP contribution < -0.4 is 15.4 Å². The minimum Gasteiger partial charge on any atom is -0.484 e. The number of amides is 2. The summed E-state index contributed by atoms with van der Waals surface area (Å²) < 4.78 is 5.57. The van der Waals surface area contributed by atoms with Gasteiger partial charge in [0.15, 0.2) is 11.7 Å². The molecule has 27 heavy (non-hydrogen) atoms. The highest BCUT2D eigenvalue weighted by atomic mass is 32.1. The first-order valence-corrected chi connectivity index (χ1v) is 9.20. The predicted molar refractivity (Wildman–Crippen MR) is 107 cm³/mol. The number of rotatable bonds is 6. The molecule has 2 N–H and O–H groups in total. The maximum absolute atomic E-state index is 12.4. The number of aryl methyl sites for hydroxylation is 2. The van der Waals surface area contributed by atoms with E-state index in [1.165, 1.54) is 11.3 Å². The molecule has 0 aliphatic heterocycles. The first-order chi connectivity index (χ1) is 13.0. The van der Waals surface area contributed by atoms with Gasteiger partial charge in [0.05, 0.1) is 11.3 Å². The largest absolute Gasteiger partial charge is 0.484 e. The molecule has 0 bridgehead atoms. The second-order valence-corrected chi connectivity index (χ2v) is 6.89. The van der Waals surface area contributed by atoms with Gasteiger partial charge < -0.3 is 10.1 Å². The van der Waals surface area contributed by atoms with E-state index in [-0.39, 0.29) is 18.4 Å². The molecule has 0 atom stereocenters. The molecule has 0 saturated heterocycles. The van der Waals surface area contributed by atoms with Crippen molar-refractivity contribution in [3.05, 3.63) is 70.7 Å². The molecule has 0 spiro atoms. The molecule has 2 aromatic carbocycles. The van der Waals surface area contributed by atoms with Crippen molar-refractivity contribution < 1.29 is 14.3 Å². The fourth-order valence-electron chi connectivity index (χ4n) is 2.59. The van der Waals surface area contributed by atoms with E-state index in [2.05, 4.69) is 15.6 Å². The summed E-state index contributed by atoms with van der Waals surface area (Å²) in [6.45, 7) is 3.79. The molecule has 3 rings (SSSR count). The number of para-hydroxylation sites is 1. The van der Waals surface area contributed by atoms with Crippen molar-refractivity contribution in [3.8, 4) is 5.75 Å². The Kier molecular flexibility index (Phi) is 5.83. The van der Waals surface area contributed by atoms with Gasteiger partial charge in [0, 0.05) is 11.6 Å². The molecule has 0 aliphatic rings. The summed E-state index contributed by atoms with van der Waals surface area (Å²) in [5.41, 5.74) is 2.90. The van der Waals surface area contributed by atoms with Gasteiger partial charge in [-0.25, -0.2) is 4.98 Å². The SMILES string of the molecule is Cc1cc(C)cc(OCC(=O)Nc2ccccc2C(=O)Nc2nccs2)c1. The molecule has 0 aliphatic carbocycles. The second-order valence-electron chi connectivity index (χ2n) is 6.00. The van der Waals surface area contributed by atoms with E-state index in [0.717, 1.165) is 11.1 Å². The van der Waals surface area contributed by atoms with E-state index in [0.29, 0.717) is 22.1 Å². The van der Waals surface area contributed by atoms with E-state index in [1.54, 1.807) is 35.8 Å². The van der Waals surface area contributed by atoms with Crippen LogP contribution in [-0.4, -0.2) is 23.4 Å². The van der Waals surface area contributed by atoms with Crippen LogP contribution in [0.25, 0.3) is 0 Å². The molecular formula is C20H19N3O3S. The average Bonchev–Trinajstić information content (AvgIpc) is 3.12. The zero-order valence-electron chi connectivity index (χ0n) is 15.0. The number of carbonyl (C=O) groups is 2. The first kappa shape index (κ1) is 18.6. The van der Waals surface area contributed by atoms with Gasteiger partial charge in [0.1, 0.15) is 5.75 Å². The summed E-state index contributed by atoms with van der Waals surface area (Å²) in [4.78, 5) is 28.7. The molecule has 3 aromatic rings. The average molecular weight is 381 g/mol. The number of aromatic nitrogens is 1. The zero-order valence-corrected chi connectivity index (χ0v) is 15.8. The lowest BCUT2D eigenvalue weighted by Crippen LogP contribution is -2.22. The summed E-state index contributed by atoms with van der Waals surface area (Å²) in [6.07, 6.45) is 1.61. The number of hydrogen-bond acceptors (Lipinski definition) is 5. The molecule has 0 saturated carbocycles. The normalized spacial score (nSPS) is 10.3. The van der Waals surface area contributed by atoms with Crippen LogP contribution in [0.1, 0.15) is 21.5 Å². The van der Waals surface area contributed by atoms with Crippen molar-refractivity contribution in [1.82, 2.24) is 4.98 Å². The Bertz CT molecular complexity index is 935. The molecule has 1 aromatic heterocycles. The van der Waals surface area contributed by atoms with Gasteiger partial charge in [-0.1, -0.05) is 18.2 Å². The summed E-state index contributed by atoms with van der Waals surface area (Å²) in [7, 11) is 0. The number of nitrogens with one attached hydrogen (secondary N) is 2. The summed E-state index contributed by atoms with van der Waals surface area (Å²) >= 11 is 1.32. The molecule has 138 valence electrons. The maximum atomic E-state index is 12.4. The number of hydrogen-bond donors (Lipinski definition) is 2. The molecular weight excluding hydrogens is 362 g/mol. The fourth-order valence-corrected chi connectivity index (χ4v) is 3.12. The van der Waals surface area contributed by atoms with Crippen molar-refractivity contribution in [3.63, 3.8) is 0 Å². The van der Waals surface area contributed by atoms with Crippen molar-refractivity contribution in [2.45, 2.75) is 13.8 Å². The maximum Gasteiger partial charge on any atom is 0.262 e. The highest BCUT2D eigenvalue weighted by molar-refractivity contribution is 7.13. The van der Waals surface area contributed by atoms with Crippen LogP contribution in [0.5, 0.6) is 5.75 Å². The van der Waals surface area contributed by atoms with Gasteiger partial charge in [-0.3, -0.25) is 14.9 Å². The molecule has 0 radical (unpaired) electrons. The Hall–Kier alpha value is -3.19. The first-order valence-electron chi connectivity index (χ1n) is 8.32. The third-order valence-electron chi connectivity index (χ3n) is 3.66. The second kappa shape index (κ2) is 8.46. The Balaban J connectivity index is 1.64. The quantitative estimate of drug-likeness (QED) is 0.676. The standard InChI is InChI=1S/C20H19N3O3S/c1-13-9-14(2)11-15(10-13)26-12-18(24)22-17-6-4-3-5-16(17)19(25)23-20-21-7-8-27-20/h3-11H,12H2,1-2H3,(H,22,24)(H,21,23,25). The number of carbonyl (C=O) groups excluding carboxylic acids is 2. The molecule has 2 amide bonds. The minimum absolute atomic E-state index is 0.147. The summed E-state index contributed by atoms with van der Waals surface area (Å²) in [5, 5.41) is 7.71. The monoisotopic (exact) mass is 381 g/mol. The van der Waals surface area contributed by atoms with Gasteiger partial charge in [-0.05, 0) is 49.2 Å². The Labute approximate surface area is 161 Å². The van der Waals surface area contributed by atoms with Crippen LogP contribution in [0.15, 0.2) is 54.0 Å². The Morgan fingerprint density at radius 1 is 1.07 bits per heavy atom. The molecule has 7 heteroatoms. The highest BCUT2D eigenvalue weighted by Crippen LogP contribution is 2.19. The molecule has 0 fully saturated rings. The number of benzene rings is 2. The van der Waals surface area contributed by atoms with Crippen molar-refractivity contribution >= 4 is 34.0 Å². The Morgan fingerprint density at radius 2 is 1.81 bits per heavy atom. The molecule has 1 heterocycles. The van der Waals surface area contributed by atoms with Crippen LogP contribution >= 0.6 is 11.3 Å². The topological polar surface area (TPSA) is 80.3 Å². The van der Waals surface area contributed by atoms with Gasteiger partial charge >= 0.3 is 0 Å². The van der Waals surface area contributed by atoms with Crippen LogP contribution in [0.4, 0.5) is 10.8 Å². The smallest absolute Gasteiger partial charge is 0.262 e. The van der Waals surface area contributed by atoms with Crippen LogP contribution in [0.2, 0.25) is 0 Å². The lowest BCUT2D eigenvalue weighted by atomic mass is 10.1. The fraction of sp³-hybridized carbons (Fsp3) is 0.150. The van der Waals surface area contributed by atoms with Crippen molar-refractivity contribution in [2.75, 3.05) is 17.2 Å². The lowest BCUT2D eigenvalue weighted by Gasteiger charge is -2.12. The molecule has 0 unspecified atom stereocenters. The van der Waals surface area contributed by atoms with Crippen molar-refractivity contribution in [2.24, 2.45) is 0 Å². The van der Waals surface area contributed by atoms with Crippen molar-refractivity contribution in [1.29, 1.82) is 0 Å².